The zero-order valence-electron chi connectivity index (χ0n) is 55.9. The van der Waals surface area contributed by atoms with Gasteiger partial charge in [0.1, 0.15) is 11.2 Å². The van der Waals surface area contributed by atoms with E-state index in [2.05, 4.69) is 107 Å². The third kappa shape index (κ3) is 21.9. The second-order valence-electron chi connectivity index (χ2n) is 27.1. The summed E-state index contributed by atoms with van der Waals surface area (Å²) in [6, 6.07) is 0. The van der Waals surface area contributed by atoms with Crippen LogP contribution in [0.5, 0.6) is 0 Å². The zero-order chi connectivity index (χ0) is 62.8. The SMILES string of the molecule is C.C.C#C[C@]1(O)CCC2C3CCC4=CC(=O)CC[C@@H]4C3CC[C@@]21C.C#C[C@]1(O)CCC[C@H]1C.C=CC1=CCC2C3CCC4=CC(=O)CC[C@@H]4C3CC[C@]12C.C=CC1=CCC[C@H]1C.C=CC1=CCC[C@H]1C.C=C[C@]1(O)CCC[C@H]1C.O=[C-]OO.O=[C-]OO.[CH3-].[CH3-].[Ca+2].[Ca+2]. The first-order valence-electron chi connectivity index (χ1n) is 32.1. The second kappa shape index (κ2) is 42.1. The normalized spacial score (nSPS) is 36.4. The van der Waals surface area contributed by atoms with Crippen LogP contribution >= 0.6 is 0 Å². The number of rotatable bonds is 6. The molecule has 0 aromatic rings. The minimum Gasteiger partial charge on any atom is -0.509 e. The molecular weight excluding hydrogens is 1190 g/mol. The van der Waals surface area contributed by atoms with Crippen molar-refractivity contribution >= 4 is 100.0 Å². The number of allylic oxidation sites excluding steroid dienone is 12. The number of hydrogen-bond acceptors (Lipinski definition) is 11. The van der Waals surface area contributed by atoms with Crippen LogP contribution in [-0.4, -0.2) is 143 Å². The number of fused-ring (bicyclic) bond motifs is 10. The van der Waals surface area contributed by atoms with Crippen molar-refractivity contribution in [1.29, 1.82) is 0 Å². The smallest absolute Gasteiger partial charge is 0.509 e. The molecule has 0 aromatic carbocycles. The Kier molecular flexibility index (Phi) is 41.9. The summed E-state index contributed by atoms with van der Waals surface area (Å²) < 4.78 is 0. The summed E-state index contributed by atoms with van der Waals surface area (Å²) in [5.41, 5.74) is 5.35. The van der Waals surface area contributed by atoms with Crippen molar-refractivity contribution in [2.75, 3.05) is 0 Å². The van der Waals surface area contributed by atoms with Gasteiger partial charge in [-0.05, 0) is 266 Å². The second-order valence-corrected chi connectivity index (χ2v) is 27.1. The number of aliphatic hydroxyl groups is 3. The fourth-order valence-corrected chi connectivity index (χ4v) is 17.7. The van der Waals surface area contributed by atoms with Gasteiger partial charge in [0.05, 0.1) is 5.60 Å². The Labute approximate surface area is 613 Å². The average molecular weight is 1310 g/mol. The Balaban J connectivity index is 0. The van der Waals surface area contributed by atoms with E-state index >= 15 is 0 Å². The van der Waals surface area contributed by atoms with Crippen LogP contribution in [0.4, 0.5) is 0 Å². The van der Waals surface area contributed by atoms with Crippen molar-refractivity contribution in [3.8, 4) is 24.7 Å². The maximum atomic E-state index is 11.7. The molecule has 0 radical (unpaired) electrons. The molecule has 13 heteroatoms. The molecule has 500 valence electrons. The molecule has 12 rings (SSSR count). The van der Waals surface area contributed by atoms with Crippen LogP contribution in [0.25, 0.3) is 0 Å². The summed E-state index contributed by atoms with van der Waals surface area (Å²) in [4.78, 5) is 46.0. The van der Waals surface area contributed by atoms with Crippen LogP contribution in [0.2, 0.25) is 0 Å². The summed E-state index contributed by atoms with van der Waals surface area (Å²) in [6.45, 7) is 29.9. The van der Waals surface area contributed by atoms with Crippen molar-refractivity contribution in [2.45, 2.75) is 234 Å². The van der Waals surface area contributed by atoms with Crippen LogP contribution in [0.1, 0.15) is 217 Å². The number of ketones is 2. The molecule has 11 nitrogen and oxygen atoms in total. The molecule has 0 aliphatic heterocycles. The monoisotopic (exact) mass is 1310 g/mol. The van der Waals surface area contributed by atoms with E-state index in [1.165, 1.54) is 92.1 Å². The van der Waals surface area contributed by atoms with Crippen molar-refractivity contribution in [3.63, 3.8) is 0 Å². The van der Waals surface area contributed by atoms with E-state index in [0.717, 1.165) is 145 Å². The average Bonchev–Trinajstić information content (AvgIpc) is 1.69. The fourth-order valence-electron chi connectivity index (χ4n) is 17.7. The molecule has 5 N–H and O–H groups in total. The van der Waals surface area contributed by atoms with E-state index in [9.17, 15) is 24.9 Å². The maximum Gasteiger partial charge on any atom is 2.00 e. The summed E-state index contributed by atoms with van der Waals surface area (Å²) in [6.07, 6.45) is 57.2. The van der Waals surface area contributed by atoms with E-state index in [1.807, 2.05) is 31.2 Å². The summed E-state index contributed by atoms with van der Waals surface area (Å²) in [5.74, 6) is 14.0. The third-order valence-corrected chi connectivity index (χ3v) is 23.2. The Morgan fingerprint density at radius 2 is 1.03 bits per heavy atom. The largest absolute Gasteiger partial charge is 2.00 e. The van der Waals surface area contributed by atoms with E-state index < -0.39 is 16.8 Å². The van der Waals surface area contributed by atoms with Crippen LogP contribution in [-0.2, 0) is 29.0 Å². The number of terminal acetylenes is 2. The van der Waals surface area contributed by atoms with E-state index in [1.54, 1.807) is 6.08 Å². The molecule has 12 aliphatic carbocycles. The minimum absolute atomic E-state index is 0. The van der Waals surface area contributed by atoms with E-state index in [4.69, 9.17) is 33.0 Å². The van der Waals surface area contributed by atoms with Crippen molar-refractivity contribution < 1.29 is 54.8 Å². The topological polar surface area (TPSA) is 188 Å². The molecule has 7 fully saturated rings. The summed E-state index contributed by atoms with van der Waals surface area (Å²) in [7, 11) is 0. The molecule has 0 spiro atoms. The van der Waals surface area contributed by atoms with Gasteiger partial charge in [-0.15, -0.1) is 19.4 Å². The first kappa shape index (κ1) is 90.4. The van der Waals surface area contributed by atoms with Gasteiger partial charge >= 0.3 is 75.5 Å². The molecule has 6 unspecified atom stereocenters. The Morgan fingerprint density at radius 1 is 0.571 bits per heavy atom. The summed E-state index contributed by atoms with van der Waals surface area (Å²) in [5, 5.41) is 44.0. The zero-order valence-corrected chi connectivity index (χ0v) is 60.3. The Morgan fingerprint density at radius 3 is 1.37 bits per heavy atom. The van der Waals surface area contributed by atoms with Crippen molar-refractivity contribution in [1.82, 2.24) is 0 Å². The van der Waals surface area contributed by atoms with Crippen LogP contribution in [0.15, 0.2) is 109 Å². The summed E-state index contributed by atoms with van der Waals surface area (Å²) >= 11 is 0. The molecule has 0 aromatic heterocycles. The van der Waals surface area contributed by atoms with Gasteiger partial charge < -0.3 is 49.5 Å². The number of carbonyl (C=O) groups is 2. The third-order valence-electron chi connectivity index (χ3n) is 23.2. The van der Waals surface area contributed by atoms with Crippen molar-refractivity contribution in [2.24, 2.45) is 81.8 Å². The predicted molar refractivity (Wildman–Crippen MR) is 377 cm³/mol. The Hall–Kier alpha value is -2.62. The first-order chi connectivity index (χ1) is 40.5. The van der Waals surface area contributed by atoms with Gasteiger partial charge in [0, 0.05) is 18.3 Å². The molecular formula is C78H118Ca2O11. The Bertz CT molecular complexity index is 2560. The number of carbonyl (C=O) groups excluding carboxylic acids is 4. The fraction of sp³-hybridized carbons (Fsp3) is 0.641. The van der Waals surface area contributed by atoms with Gasteiger partial charge in [0.2, 0.25) is 0 Å². The van der Waals surface area contributed by atoms with Crippen LogP contribution in [0, 0.1) is 121 Å². The van der Waals surface area contributed by atoms with E-state index in [0.29, 0.717) is 52.5 Å². The quantitative estimate of drug-likeness (QED) is 0.0425. The molecule has 0 bridgehead atoms. The van der Waals surface area contributed by atoms with Gasteiger partial charge in [-0.3, -0.25) is 9.59 Å². The van der Waals surface area contributed by atoms with Crippen molar-refractivity contribution in [3.05, 3.63) is 124 Å². The maximum absolute atomic E-state index is 11.7. The molecule has 0 heterocycles. The van der Waals surface area contributed by atoms with Gasteiger partial charge in [0.15, 0.2) is 11.6 Å². The molecule has 0 amide bonds. The number of hydrogen-bond donors (Lipinski definition) is 5. The first-order valence-corrected chi connectivity index (χ1v) is 32.1. The van der Waals surface area contributed by atoms with Gasteiger partial charge in [-0.25, -0.2) is 10.5 Å². The molecule has 17 atom stereocenters. The van der Waals surface area contributed by atoms with Crippen LogP contribution < -0.4 is 0 Å². The van der Waals surface area contributed by atoms with Crippen LogP contribution in [0.3, 0.4) is 0 Å². The van der Waals surface area contributed by atoms with E-state index in [-0.39, 0.29) is 111 Å². The predicted octanol–water partition coefficient (Wildman–Crippen LogP) is 16.8. The molecule has 0 saturated heterocycles. The molecule has 7 saturated carbocycles. The van der Waals surface area contributed by atoms with Gasteiger partial charge in [-0.2, -0.15) is 0 Å². The molecule has 91 heavy (non-hydrogen) atoms. The molecule has 12 aliphatic rings. The van der Waals surface area contributed by atoms with Gasteiger partial charge in [0.25, 0.3) is 0 Å². The standard InChI is InChI=1S/C20H26O2.C20H26O.C8H14O.C8H12O.2C8H12.2CHO3.2CH4.2CH3.2Ca/c1-3-20(22)11-9-18-17-6-4-13-12-14(21)5-7-15(13)16(17)8-10-19(18,20)2;1-3-14-5-9-19-18-7-4-13-12-15(21)6-8-16(13)17(18)10-11-20(14,19)2;2*1-3-8(9)6-4-5-7(8)2;2*1-3-8-6-4-5-7(8)2;2*2-1-4-3;;;;;;/h1,12,15-18,22H,4-11H2,2H3;3,5,12,16-19H,1,4,6-11H2,2H3;3,7,9H,1,4-6H2,2H3;1,7,9H,4-6H2,2H3;2*3,6-7H,1,4-5H2,2H3;2*3H;2*1H4;2*1H3;;/q;;;;;;2*-1;;;2*-1;2*+2/t15-,16?,17?,18?,19-,20-;16-,17?,18?,19?,20+;2*7-,8+;2*7-;;;;;;;;/m001111......../s1. The van der Waals surface area contributed by atoms with Gasteiger partial charge in [-0.1, -0.05) is 142 Å². The minimum atomic E-state index is -0.902.